The number of nitrogens with one attached hydrogen (secondary N) is 1. The van der Waals surface area contributed by atoms with Crippen LogP contribution in [-0.2, 0) is 24.2 Å². The van der Waals surface area contributed by atoms with Crippen LogP contribution in [0.3, 0.4) is 0 Å². The van der Waals surface area contributed by atoms with Gasteiger partial charge in [-0.05, 0) is 58.8 Å². The zero-order valence-electron chi connectivity index (χ0n) is 19.1. The van der Waals surface area contributed by atoms with Crippen LogP contribution in [-0.4, -0.2) is 46.5 Å². The number of hydrogen-bond acceptors (Lipinski definition) is 4. The topological polar surface area (TPSA) is 59.4 Å². The second kappa shape index (κ2) is 9.07. The largest absolute Gasteiger partial charge is 0.444 e. The molecule has 1 N–H and O–H groups in total. The summed E-state index contributed by atoms with van der Waals surface area (Å²) in [7, 11) is 1.85. The summed E-state index contributed by atoms with van der Waals surface area (Å²) in [5.41, 5.74) is 3.90. The first-order valence-corrected chi connectivity index (χ1v) is 11.4. The summed E-state index contributed by atoms with van der Waals surface area (Å²) in [6.07, 6.45) is 9.53. The molecule has 2 heterocycles. The molecular formula is C23H40N4O2. The summed E-state index contributed by atoms with van der Waals surface area (Å²) in [6, 6.07) is 0. The number of carbonyl (C=O) groups is 1. The van der Waals surface area contributed by atoms with Crippen LogP contribution in [0.15, 0.2) is 0 Å². The van der Waals surface area contributed by atoms with Gasteiger partial charge in [0.15, 0.2) is 0 Å². The maximum Gasteiger partial charge on any atom is 0.410 e. The maximum atomic E-state index is 12.3. The SMILES string of the molecule is Cc1nn(CC2(CCCN(C)C(=O)OC(C)(C)C)CCCCC2)c2c1CNCC2. The first-order chi connectivity index (χ1) is 13.7. The van der Waals surface area contributed by atoms with Gasteiger partial charge in [0.05, 0.1) is 5.69 Å². The molecule has 1 saturated carbocycles. The van der Waals surface area contributed by atoms with Gasteiger partial charge in [-0.3, -0.25) is 4.68 Å². The van der Waals surface area contributed by atoms with Gasteiger partial charge in [-0.1, -0.05) is 19.3 Å². The minimum atomic E-state index is -0.443. The molecule has 0 saturated heterocycles. The zero-order valence-corrected chi connectivity index (χ0v) is 19.1. The Morgan fingerprint density at radius 2 is 2.00 bits per heavy atom. The number of nitrogens with zero attached hydrogens (tertiary/aromatic N) is 3. The van der Waals surface area contributed by atoms with Crippen LogP contribution in [0.25, 0.3) is 0 Å². The Kier molecular flexibility index (Phi) is 6.92. The highest BCUT2D eigenvalue weighted by Gasteiger charge is 2.34. The summed E-state index contributed by atoms with van der Waals surface area (Å²) in [5.74, 6) is 0. The third-order valence-electron chi connectivity index (χ3n) is 6.51. The van der Waals surface area contributed by atoms with E-state index < -0.39 is 5.60 Å². The van der Waals surface area contributed by atoms with Gasteiger partial charge < -0.3 is 15.0 Å². The molecule has 6 nitrogen and oxygen atoms in total. The molecular weight excluding hydrogens is 364 g/mol. The summed E-state index contributed by atoms with van der Waals surface area (Å²) >= 11 is 0. The van der Waals surface area contributed by atoms with Gasteiger partial charge >= 0.3 is 6.09 Å². The fourth-order valence-corrected chi connectivity index (χ4v) is 4.96. The second-order valence-electron chi connectivity index (χ2n) is 10.2. The van der Waals surface area contributed by atoms with Gasteiger partial charge in [0.1, 0.15) is 5.60 Å². The van der Waals surface area contributed by atoms with E-state index in [0.717, 1.165) is 45.4 Å². The average molecular weight is 405 g/mol. The number of fused-ring (bicyclic) bond motifs is 1. The van der Waals surface area contributed by atoms with Crippen molar-refractivity contribution in [1.29, 1.82) is 0 Å². The molecule has 0 atom stereocenters. The highest BCUT2D eigenvalue weighted by atomic mass is 16.6. The zero-order chi connectivity index (χ0) is 21.1. The summed E-state index contributed by atoms with van der Waals surface area (Å²) in [6.45, 7) is 11.7. The lowest BCUT2D eigenvalue weighted by Gasteiger charge is -2.38. The monoisotopic (exact) mass is 404 g/mol. The van der Waals surface area contributed by atoms with Crippen molar-refractivity contribution in [1.82, 2.24) is 20.0 Å². The molecule has 1 amide bonds. The van der Waals surface area contributed by atoms with Crippen LogP contribution in [0, 0.1) is 12.3 Å². The van der Waals surface area contributed by atoms with E-state index in [9.17, 15) is 4.79 Å². The van der Waals surface area contributed by atoms with Gasteiger partial charge in [0.25, 0.3) is 0 Å². The molecule has 2 aliphatic rings. The van der Waals surface area contributed by atoms with E-state index in [4.69, 9.17) is 9.84 Å². The van der Waals surface area contributed by atoms with Gasteiger partial charge in [-0.15, -0.1) is 0 Å². The number of hydrogen-bond donors (Lipinski definition) is 1. The van der Waals surface area contributed by atoms with Crippen molar-refractivity contribution < 1.29 is 9.53 Å². The second-order valence-corrected chi connectivity index (χ2v) is 10.2. The van der Waals surface area contributed by atoms with Gasteiger partial charge in [0, 0.05) is 50.9 Å². The molecule has 6 heteroatoms. The van der Waals surface area contributed by atoms with Crippen molar-refractivity contribution in [2.75, 3.05) is 20.1 Å². The van der Waals surface area contributed by atoms with Crippen LogP contribution in [0.2, 0.25) is 0 Å². The lowest BCUT2D eigenvalue weighted by molar-refractivity contribution is 0.0283. The van der Waals surface area contributed by atoms with Crippen LogP contribution in [0.1, 0.15) is 82.7 Å². The van der Waals surface area contributed by atoms with Crippen LogP contribution >= 0.6 is 0 Å². The van der Waals surface area contributed by atoms with Crippen LogP contribution < -0.4 is 5.32 Å². The molecule has 0 aromatic carbocycles. The van der Waals surface area contributed by atoms with E-state index in [2.05, 4.69) is 16.9 Å². The molecule has 3 rings (SSSR count). The highest BCUT2D eigenvalue weighted by molar-refractivity contribution is 5.67. The van der Waals surface area contributed by atoms with Crippen molar-refractivity contribution in [3.8, 4) is 0 Å². The third kappa shape index (κ3) is 5.74. The smallest absolute Gasteiger partial charge is 0.410 e. The molecule has 1 aliphatic heterocycles. The summed E-state index contributed by atoms with van der Waals surface area (Å²) < 4.78 is 7.82. The quantitative estimate of drug-likeness (QED) is 0.762. The van der Waals surface area contributed by atoms with Crippen molar-refractivity contribution in [3.63, 3.8) is 0 Å². The Balaban J connectivity index is 1.63. The Hall–Kier alpha value is -1.56. The average Bonchev–Trinajstić information content (AvgIpc) is 2.97. The number of aromatic nitrogens is 2. The fraction of sp³-hybridized carbons (Fsp3) is 0.826. The van der Waals surface area contributed by atoms with Crippen LogP contribution in [0.4, 0.5) is 4.79 Å². The first kappa shape index (κ1) is 22.1. The van der Waals surface area contributed by atoms with Crippen molar-refractivity contribution in [3.05, 3.63) is 17.0 Å². The van der Waals surface area contributed by atoms with E-state index in [-0.39, 0.29) is 6.09 Å². The molecule has 0 bridgehead atoms. The predicted molar refractivity (Wildman–Crippen MR) is 116 cm³/mol. The van der Waals surface area contributed by atoms with Crippen molar-refractivity contribution in [2.24, 2.45) is 5.41 Å². The molecule has 0 unspecified atom stereocenters. The minimum absolute atomic E-state index is 0.223. The predicted octanol–water partition coefficient (Wildman–Crippen LogP) is 4.43. The van der Waals surface area contributed by atoms with E-state index in [1.807, 2.05) is 27.8 Å². The van der Waals surface area contributed by atoms with Crippen molar-refractivity contribution >= 4 is 6.09 Å². The molecule has 1 aliphatic carbocycles. The molecule has 1 fully saturated rings. The maximum absolute atomic E-state index is 12.3. The summed E-state index contributed by atoms with van der Waals surface area (Å²) in [4.78, 5) is 14.0. The van der Waals surface area contributed by atoms with Crippen LogP contribution in [0.5, 0.6) is 0 Å². The summed E-state index contributed by atoms with van der Waals surface area (Å²) in [5, 5.41) is 8.41. The minimum Gasteiger partial charge on any atom is -0.444 e. The Bertz CT molecular complexity index is 698. The van der Waals surface area contributed by atoms with Gasteiger partial charge in [0.2, 0.25) is 0 Å². The lowest BCUT2D eigenvalue weighted by atomic mass is 9.71. The molecule has 164 valence electrons. The Morgan fingerprint density at radius 3 is 2.69 bits per heavy atom. The number of ether oxygens (including phenoxy) is 1. The molecule has 1 aromatic heterocycles. The third-order valence-corrected chi connectivity index (χ3v) is 6.51. The fourth-order valence-electron chi connectivity index (χ4n) is 4.96. The van der Waals surface area contributed by atoms with E-state index in [1.54, 1.807) is 4.90 Å². The van der Waals surface area contributed by atoms with Gasteiger partial charge in [-0.2, -0.15) is 5.10 Å². The number of aryl methyl sites for hydroxylation is 1. The molecule has 1 aromatic rings. The molecule has 29 heavy (non-hydrogen) atoms. The van der Waals surface area contributed by atoms with Gasteiger partial charge in [-0.25, -0.2) is 4.79 Å². The van der Waals surface area contributed by atoms with E-state index >= 15 is 0 Å². The lowest BCUT2D eigenvalue weighted by Crippen LogP contribution is -2.36. The number of rotatable bonds is 6. The van der Waals surface area contributed by atoms with Crippen molar-refractivity contribution in [2.45, 2.75) is 97.8 Å². The van der Waals surface area contributed by atoms with E-state index in [0.29, 0.717) is 5.41 Å². The first-order valence-electron chi connectivity index (χ1n) is 11.4. The normalized spacial score (nSPS) is 18.9. The Morgan fingerprint density at radius 1 is 1.28 bits per heavy atom. The van der Waals surface area contributed by atoms with E-state index in [1.165, 1.54) is 49.1 Å². The molecule has 0 radical (unpaired) electrons. The highest BCUT2D eigenvalue weighted by Crippen LogP contribution is 2.42. The molecule has 0 spiro atoms. The number of carbonyl (C=O) groups excluding carboxylic acids is 1. The Labute approximate surface area is 176 Å². The standard InChI is InChI=1S/C23H40N4O2/c1-18-19-16-24-14-10-20(19)27(25-18)17-23(11-7-6-8-12-23)13-9-15-26(5)21(28)29-22(2,3)4/h24H,6-17H2,1-5H3. The number of amides is 1.